The molecule has 0 amide bonds. The van der Waals surface area contributed by atoms with Crippen LogP contribution in [0.2, 0.25) is 19.6 Å². The third-order valence-corrected chi connectivity index (χ3v) is 4.30. The van der Waals surface area contributed by atoms with Gasteiger partial charge >= 0.3 is 0 Å². The van der Waals surface area contributed by atoms with Crippen molar-refractivity contribution in [2.45, 2.75) is 63.9 Å². The molecule has 0 bridgehead atoms. The quantitative estimate of drug-likeness (QED) is 0.399. The van der Waals surface area contributed by atoms with Gasteiger partial charge in [-0.1, -0.05) is 0 Å². The van der Waals surface area contributed by atoms with Gasteiger partial charge in [0, 0.05) is 13.2 Å². The van der Waals surface area contributed by atoms with Crippen LogP contribution in [0.15, 0.2) is 11.8 Å². The van der Waals surface area contributed by atoms with Crippen LogP contribution in [0.5, 0.6) is 0 Å². The van der Waals surface area contributed by atoms with E-state index < -0.39 is 19.5 Å². The molecule has 0 aromatic carbocycles. The normalized spacial score (nSPS) is 24.5. The molecule has 0 fully saturated rings. The number of rotatable bonds is 7. The average Bonchev–Trinajstić information content (AvgIpc) is 2.30. The molecule has 1 aliphatic rings. The molecule has 112 valence electrons. The fourth-order valence-electron chi connectivity index (χ4n) is 2.19. The zero-order chi connectivity index (χ0) is 14.5. The molecular formula is C14H27ClO3Si. The Bertz CT molecular complexity index is 308. The minimum atomic E-state index is -1.69. The summed E-state index contributed by atoms with van der Waals surface area (Å²) in [7, 11) is -1.69. The summed E-state index contributed by atoms with van der Waals surface area (Å²) in [5, 5.41) is 0. The molecule has 0 saturated heterocycles. The van der Waals surface area contributed by atoms with Gasteiger partial charge < -0.3 is 13.9 Å². The number of hydrogen-bond acceptors (Lipinski definition) is 3. The Kier molecular flexibility index (Phi) is 6.37. The lowest BCUT2D eigenvalue weighted by atomic mass is 9.92. The minimum absolute atomic E-state index is 0.438. The molecule has 0 saturated carbocycles. The number of halogens is 1. The van der Waals surface area contributed by atoms with Crippen molar-refractivity contribution in [1.29, 1.82) is 0 Å². The van der Waals surface area contributed by atoms with Crippen molar-refractivity contribution >= 4 is 19.9 Å². The predicted octanol–water partition coefficient (Wildman–Crippen LogP) is 4.28. The Morgan fingerprint density at radius 2 is 1.84 bits per heavy atom. The van der Waals surface area contributed by atoms with E-state index in [1.807, 2.05) is 13.8 Å². The van der Waals surface area contributed by atoms with Crippen LogP contribution in [0.4, 0.5) is 0 Å². The summed E-state index contributed by atoms with van der Waals surface area (Å²) in [6.07, 6.45) is 4.56. The van der Waals surface area contributed by atoms with Crippen molar-refractivity contribution in [2.75, 3.05) is 13.2 Å². The second-order valence-electron chi connectivity index (χ2n) is 5.78. The van der Waals surface area contributed by atoms with E-state index >= 15 is 0 Å². The van der Waals surface area contributed by atoms with Crippen LogP contribution in [-0.4, -0.2) is 32.7 Å². The molecule has 0 radical (unpaired) electrons. The molecule has 1 atom stereocenters. The Morgan fingerprint density at radius 3 is 2.32 bits per heavy atom. The van der Waals surface area contributed by atoms with Gasteiger partial charge in [-0.3, -0.25) is 0 Å². The lowest BCUT2D eigenvalue weighted by Crippen LogP contribution is -2.46. The highest BCUT2D eigenvalue weighted by Gasteiger charge is 2.45. The van der Waals surface area contributed by atoms with Crippen LogP contribution in [0.1, 0.15) is 33.1 Å². The molecular weight excluding hydrogens is 280 g/mol. The van der Waals surface area contributed by atoms with Crippen molar-refractivity contribution in [2.24, 2.45) is 0 Å². The molecule has 0 spiro atoms. The molecule has 1 unspecified atom stereocenters. The van der Waals surface area contributed by atoms with E-state index in [4.69, 9.17) is 25.5 Å². The maximum absolute atomic E-state index is 6.85. The zero-order valence-electron chi connectivity index (χ0n) is 12.8. The second kappa shape index (κ2) is 7.11. The standard InChI is InChI=1S/C14H27ClO3Si/c1-6-16-13(17-7-2)14(15)11-9-8-10-12(14)18-19(3,4)5/h10,13H,6-9,11H2,1-5H3. The molecule has 0 heterocycles. The first-order valence-corrected chi connectivity index (χ1v) is 10.9. The Hall–Kier alpha value is -0.0331. The van der Waals surface area contributed by atoms with Crippen LogP contribution in [0.3, 0.4) is 0 Å². The molecule has 5 heteroatoms. The molecule has 0 aliphatic heterocycles. The topological polar surface area (TPSA) is 27.7 Å². The van der Waals surface area contributed by atoms with Crippen LogP contribution in [0, 0.1) is 0 Å². The van der Waals surface area contributed by atoms with Gasteiger partial charge in [0.15, 0.2) is 11.2 Å². The number of hydrogen-bond donors (Lipinski definition) is 0. The van der Waals surface area contributed by atoms with Gasteiger partial charge in [0.25, 0.3) is 0 Å². The first-order valence-electron chi connectivity index (χ1n) is 7.15. The maximum Gasteiger partial charge on any atom is 0.241 e. The first kappa shape index (κ1) is 17.0. The third kappa shape index (κ3) is 4.78. The van der Waals surface area contributed by atoms with E-state index in [-0.39, 0.29) is 0 Å². The fraction of sp³-hybridized carbons (Fsp3) is 0.857. The zero-order valence-corrected chi connectivity index (χ0v) is 14.5. The summed E-state index contributed by atoms with van der Waals surface area (Å²) >= 11 is 6.85. The number of ether oxygens (including phenoxy) is 2. The Morgan fingerprint density at radius 1 is 1.26 bits per heavy atom. The molecule has 0 aromatic rings. The van der Waals surface area contributed by atoms with Crippen LogP contribution in [-0.2, 0) is 13.9 Å². The number of allylic oxidation sites excluding steroid dienone is 1. The summed E-state index contributed by atoms with van der Waals surface area (Å²) in [6, 6.07) is 0. The predicted molar refractivity (Wildman–Crippen MR) is 82.0 cm³/mol. The van der Waals surface area contributed by atoms with Crippen molar-refractivity contribution in [3.8, 4) is 0 Å². The second-order valence-corrected chi connectivity index (χ2v) is 10.9. The summed E-state index contributed by atoms with van der Waals surface area (Å²) in [6.45, 7) is 11.6. The first-order chi connectivity index (χ1) is 8.83. The summed E-state index contributed by atoms with van der Waals surface area (Å²) in [4.78, 5) is -0.676. The van der Waals surface area contributed by atoms with Crippen molar-refractivity contribution < 1.29 is 13.9 Å². The smallest absolute Gasteiger partial charge is 0.241 e. The average molecular weight is 307 g/mol. The lowest BCUT2D eigenvalue weighted by molar-refractivity contribution is -0.158. The highest BCUT2D eigenvalue weighted by atomic mass is 35.5. The fourth-order valence-corrected chi connectivity index (χ4v) is 3.56. The molecule has 1 aliphatic carbocycles. The van der Waals surface area contributed by atoms with Gasteiger partial charge in [0.1, 0.15) is 5.76 Å². The van der Waals surface area contributed by atoms with E-state index in [1.165, 1.54) is 0 Å². The van der Waals surface area contributed by atoms with Gasteiger partial charge in [-0.05, 0) is 58.8 Å². The number of alkyl halides is 1. The Labute approximate surface area is 123 Å². The molecule has 19 heavy (non-hydrogen) atoms. The third-order valence-electron chi connectivity index (χ3n) is 2.91. The summed E-state index contributed by atoms with van der Waals surface area (Å²) < 4.78 is 17.6. The lowest BCUT2D eigenvalue weighted by Gasteiger charge is -2.40. The SMILES string of the molecule is CCOC(OCC)C1(Cl)CCCC=C1O[Si](C)(C)C. The van der Waals surface area contributed by atoms with E-state index in [1.54, 1.807) is 0 Å². The van der Waals surface area contributed by atoms with Gasteiger partial charge in [-0.2, -0.15) is 0 Å². The van der Waals surface area contributed by atoms with Gasteiger partial charge in [0.05, 0.1) is 0 Å². The van der Waals surface area contributed by atoms with E-state index in [0.717, 1.165) is 25.0 Å². The monoisotopic (exact) mass is 306 g/mol. The molecule has 0 N–H and O–H groups in total. The van der Waals surface area contributed by atoms with Crippen LogP contribution >= 0.6 is 11.6 Å². The van der Waals surface area contributed by atoms with Crippen LogP contribution < -0.4 is 0 Å². The van der Waals surface area contributed by atoms with Crippen molar-refractivity contribution in [3.63, 3.8) is 0 Å². The van der Waals surface area contributed by atoms with Crippen molar-refractivity contribution in [3.05, 3.63) is 11.8 Å². The van der Waals surface area contributed by atoms with Gasteiger partial charge in [-0.25, -0.2) is 0 Å². The van der Waals surface area contributed by atoms with Crippen LogP contribution in [0.25, 0.3) is 0 Å². The van der Waals surface area contributed by atoms with Crippen molar-refractivity contribution in [1.82, 2.24) is 0 Å². The van der Waals surface area contributed by atoms with E-state index in [2.05, 4.69) is 25.7 Å². The summed E-state index contributed by atoms with van der Waals surface area (Å²) in [5.41, 5.74) is 0. The Balaban J connectivity index is 2.95. The van der Waals surface area contributed by atoms with Gasteiger partial charge in [0.2, 0.25) is 8.32 Å². The highest BCUT2D eigenvalue weighted by molar-refractivity contribution is 6.70. The largest absolute Gasteiger partial charge is 0.546 e. The molecule has 3 nitrogen and oxygen atoms in total. The van der Waals surface area contributed by atoms with E-state index in [0.29, 0.717) is 13.2 Å². The van der Waals surface area contributed by atoms with E-state index in [9.17, 15) is 0 Å². The van der Waals surface area contributed by atoms with Gasteiger partial charge in [-0.15, -0.1) is 11.6 Å². The highest BCUT2D eigenvalue weighted by Crippen LogP contribution is 2.41. The molecule has 1 rings (SSSR count). The molecule has 0 aromatic heterocycles. The summed E-state index contributed by atoms with van der Waals surface area (Å²) in [5.74, 6) is 0.853. The maximum atomic E-state index is 6.85. The minimum Gasteiger partial charge on any atom is -0.546 e.